The van der Waals surface area contributed by atoms with Crippen LogP contribution in [0.1, 0.15) is 16.8 Å². The lowest BCUT2D eigenvalue weighted by atomic mass is 10.0. The number of aromatic nitrogens is 1. The van der Waals surface area contributed by atoms with Gasteiger partial charge in [0.25, 0.3) is 5.91 Å². The van der Waals surface area contributed by atoms with Gasteiger partial charge in [0.1, 0.15) is 11.9 Å². The molecule has 0 unspecified atom stereocenters. The Morgan fingerprint density at radius 3 is 2.70 bits per heavy atom. The molecule has 0 aliphatic carbocycles. The van der Waals surface area contributed by atoms with E-state index in [9.17, 15) is 14.0 Å². The van der Waals surface area contributed by atoms with Gasteiger partial charge in [-0.3, -0.25) is 14.6 Å². The Bertz CT molecular complexity index is 1080. The zero-order valence-electron chi connectivity index (χ0n) is 14.4. The van der Waals surface area contributed by atoms with Gasteiger partial charge in [-0.2, -0.15) is 0 Å². The van der Waals surface area contributed by atoms with Crippen LogP contribution < -0.4 is 5.32 Å². The summed E-state index contributed by atoms with van der Waals surface area (Å²) in [5.74, 6) is -0.511. The second-order valence-electron chi connectivity index (χ2n) is 7.02. The lowest BCUT2D eigenvalue weighted by molar-refractivity contribution is -0.124. The van der Waals surface area contributed by atoms with Crippen LogP contribution in [-0.4, -0.2) is 40.3 Å². The summed E-state index contributed by atoms with van der Waals surface area (Å²) in [6.45, 7) is 0.560. The minimum Gasteiger partial charge on any atom is -0.350 e. The smallest absolute Gasteiger partial charge is 0.254 e. The monoisotopic (exact) mass is 361 g/mol. The van der Waals surface area contributed by atoms with Crippen molar-refractivity contribution in [2.75, 3.05) is 6.54 Å². The van der Waals surface area contributed by atoms with Crippen LogP contribution in [0.3, 0.4) is 0 Å². The lowest BCUT2D eigenvalue weighted by Crippen LogP contribution is -2.50. The molecule has 2 saturated heterocycles. The average molecular weight is 361 g/mol. The Kier molecular flexibility index (Phi) is 3.47. The first kappa shape index (κ1) is 15.9. The van der Waals surface area contributed by atoms with Crippen LogP contribution >= 0.6 is 0 Å². The fraction of sp³-hybridized carbons (Fsp3) is 0.190. The number of carbonyl (C=O) groups is 2. The number of nitrogens with zero attached hydrogens (tertiary/aromatic N) is 2. The number of halogens is 1. The van der Waals surface area contributed by atoms with Crippen LogP contribution in [0.15, 0.2) is 54.7 Å². The molecular weight excluding hydrogens is 345 g/mol. The van der Waals surface area contributed by atoms with Crippen LogP contribution in [-0.2, 0) is 4.79 Å². The molecule has 1 N–H and O–H groups in total. The molecule has 2 fully saturated rings. The summed E-state index contributed by atoms with van der Waals surface area (Å²) in [6.07, 6.45) is 2.39. The summed E-state index contributed by atoms with van der Waals surface area (Å²) in [6, 6.07) is 13.4. The Labute approximate surface area is 154 Å². The van der Waals surface area contributed by atoms with Crippen LogP contribution in [0.5, 0.6) is 0 Å². The molecule has 2 aromatic carbocycles. The van der Waals surface area contributed by atoms with Crippen LogP contribution in [0.4, 0.5) is 4.39 Å². The van der Waals surface area contributed by atoms with Gasteiger partial charge in [-0.15, -0.1) is 0 Å². The molecule has 0 saturated carbocycles. The summed E-state index contributed by atoms with van der Waals surface area (Å²) < 4.78 is 14.0. The van der Waals surface area contributed by atoms with E-state index in [1.807, 2.05) is 12.1 Å². The quantitative estimate of drug-likeness (QED) is 0.763. The van der Waals surface area contributed by atoms with Crippen molar-refractivity contribution in [3.8, 4) is 11.1 Å². The van der Waals surface area contributed by atoms with E-state index in [1.54, 1.807) is 41.4 Å². The van der Waals surface area contributed by atoms with Crippen molar-refractivity contribution in [1.82, 2.24) is 15.2 Å². The number of benzene rings is 2. The Morgan fingerprint density at radius 2 is 1.96 bits per heavy atom. The lowest BCUT2D eigenvalue weighted by Gasteiger charge is -2.26. The zero-order chi connectivity index (χ0) is 18.5. The molecule has 134 valence electrons. The third kappa shape index (κ3) is 2.56. The number of pyridine rings is 1. The summed E-state index contributed by atoms with van der Waals surface area (Å²) in [5, 5.41) is 3.34. The molecule has 2 amide bonds. The molecule has 3 aromatic rings. The van der Waals surface area contributed by atoms with Crippen molar-refractivity contribution >= 4 is 22.7 Å². The number of amides is 2. The van der Waals surface area contributed by atoms with Crippen molar-refractivity contribution < 1.29 is 14.0 Å². The molecule has 1 aromatic heterocycles. The Balaban J connectivity index is 1.43. The molecule has 2 atom stereocenters. The number of hydrogen-bond acceptors (Lipinski definition) is 3. The highest BCUT2D eigenvalue weighted by Gasteiger charge is 2.46. The van der Waals surface area contributed by atoms with E-state index >= 15 is 0 Å². The van der Waals surface area contributed by atoms with E-state index in [2.05, 4.69) is 10.3 Å². The zero-order valence-corrected chi connectivity index (χ0v) is 14.4. The number of rotatable bonds is 2. The predicted molar refractivity (Wildman–Crippen MR) is 98.5 cm³/mol. The van der Waals surface area contributed by atoms with Gasteiger partial charge in [-0.1, -0.05) is 18.2 Å². The minimum atomic E-state index is -0.352. The second-order valence-corrected chi connectivity index (χ2v) is 7.02. The number of piperazine rings is 1. The second kappa shape index (κ2) is 5.87. The summed E-state index contributed by atoms with van der Waals surface area (Å²) >= 11 is 0. The molecule has 5 nitrogen and oxygen atoms in total. The van der Waals surface area contributed by atoms with Crippen LogP contribution in [0, 0.1) is 5.82 Å². The molecule has 27 heavy (non-hydrogen) atoms. The van der Waals surface area contributed by atoms with E-state index in [4.69, 9.17) is 0 Å². The van der Waals surface area contributed by atoms with Gasteiger partial charge in [0.2, 0.25) is 5.91 Å². The third-order valence-electron chi connectivity index (χ3n) is 5.35. The van der Waals surface area contributed by atoms with E-state index in [0.29, 0.717) is 29.4 Å². The summed E-state index contributed by atoms with van der Waals surface area (Å²) in [5.41, 5.74) is 2.78. The highest BCUT2D eigenvalue weighted by Crippen LogP contribution is 2.28. The van der Waals surface area contributed by atoms with Crippen molar-refractivity contribution in [2.24, 2.45) is 0 Å². The Morgan fingerprint density at radius 1 is 1.15 bits per heavy atom. The minimum absolute atomic E-state index is 0.0690. The molecule has 5 rings (SSSR count). The van der Waals surface area contributed by atoms with Crippen LogP contribution in [0.25, 0.3) is 22.0 Å². The molecular formula is C21H16FN3O2. The predicted octanol–water partition coefficient (Wildman–Crippen LogP) is 2.75. The molecule has 0 radical (unpaired) electrons. The average Bonchev–Trinajstić information content (AvgIpc) is 3.27. The fourth-order valence-electron chi connectivity index (χ4n) is 3.95. The highest BCUT2D eigenvalue weighted by molar-refractivity contribution is 5.99. The van der Waals surface area contributed by atoms with Gasteiger partial charge < -0.3 is 10.2 Å². The van der Waals surface area contributed by atoms with E-state index in [0.717, 1.165) is 11.1 Å². The van der Waals surface area contributed by atoms with Crippen LogP contribution in [0.2, 0.25) is 0 Å². The molecule has 6 heteroatoms. The van der Waals surface area contributed by atoms with E-state index < -0.39 is 0 Å². The van der Waals surface area contributed by atoms with E-state index in [-0.39, 0.29) is 29.7 Å². The van der Waals surface area contributed by atoms with Gasteiger partial charge in [0.05, 0.1) is 5.52 Å². The normalized spacial score (nSPS) is 20.9. The van der Waals surface area contributed by atoms with E-state index in [1.165, 1.54) is 6.07 Å². The SMILES string of the molecule is O=C1N[C@H]2C[C@@H]1N(C(=O)c1ccc(-c3cnc4cccc(F)c4c3)cc1)C2. The number of hydrogen-bond donors (Lipinski definition) is 1. The van der Waals surface area contributed by atoms with Crippen molar-refractivity contribution in [3.63, 3.8) is 0 Å². The first-order valence-corrected chi connectivity index (χ1v) is 8.86. The molecule has 3 heterocycles. The first-order valence-electron chi connectivity index (χ1n) is 8.86. The van der Waals surface area contributed by atoms with Gasteiger partial charge in [0, 0.05) is 35.3 Å². The molecule has 2 aliphatic rings. The van der Waals surface area contributed by atoms with Crippen molar-refractivity contribution in [2.45, 2.75) is 18.5 Å². The number of nitrogens with one attached hydrogen (secondary N) is 1. The number of carbonyl (C=O) groups excluding carboxylic acids is 2. The van der Waals surface area contributed by atoms with Gasteiger partial charge in [-0.25, -0.2) is 4.39 Å². The van der Waals surface area contributed by atoms with Gasteiger partial charge >= 0.3 is 0 Å². The third-order valence-corrected chi connectivity index (χ3v) is 5.35. The van der Waals surface area contributed by atoms with Crippen molar-refractivity contribution in [3.05, 3.63) is 66.1 Å². The molecule has 2 aliphatic heterocycles. The largest absolute Gasteiger partial charge is 0.350 e. The summed E-state index contributed by atoms with van der Waals surface area (Å²) in [7, 11) is 0. The number of likely N-dealkylation sites (tertiary alicyclic amines) is 1. The van der Waals surface area contributed by atoms with Gasteiger partial charge in [0.15, 0.2) is 0 Å². The van der Waals surface area contributed by atoms with Crippen molar-refractivity contribution in [1.29, 1.82) is 0 Å². The topological polar surface area (TPSA) is 62.3 Å². The summed E-state index contributed by atoms with van der Waals surface area (Å²) in [4.78, 5) is 30.5. The molecule has 2 bridgehead atoms. The highest BCUT2D eigenvalue weighted by atomic mass is 19.1. The maximum Gasteiger partial charge on any atom is 0.254 e. The maximum atomic E-state index is 14.0. The first-order chi connectivity index (χ1) is 13.1. The maximum absolute atomic E-state index is 14.0. The molecule has 0 spiro atoms. The Hall–Kier alpha value is -3.28. The number of fused-ring (bicyclic) bond motifs is 3. The fourth-order valence-corrected chi connectivity index (χ4v) is 3.95. The van der Waals surface area contributed by atoms with Gasteiger partial charge in [-0.05, 0) is 42.3 Å². The standard InChI is InChI=1S/C21H16FN3O2/c22-17-2-1-3-18-16(17)8-14(10-23-18)12-4-6-13(7-5-12)21(27)25-11-15-9-19(25)20(26)24-15/h1-8,10,15,19H,9,11H2,(H,24,26)/t15-,19-/m0/s1.